The van der Waals surface area contributed by atoms with Crippen molar-refractivity contribution in [2.75, 3.05) is 53.4 Å². The van der Waals surface area contributed by atoms with Crippen LogP contribution in [0, 0.1) is 0 Å². The zero-order chi connectivity index (χ0) is 15.5. The largest absolute Gasteiger partial charge is 0.355 e. The number of fused-ring (bicyclic) bond motifs is 3. The van der Waals surface area contributed by atoms with Gasteiger partial charge < -0.3 is 14.8 Å². The van der Waals surface area contributed by atoms with E-state index in [1.54, 1.807) is 0 Å². The third-order valence-electron chi connectivity index (χ3n) is 4.91. The van der Waals surface area contributed by atoms with Crippen LogP contribution in [0.1, 0.15) is 5.69 Å². The molecule has 1 N–H and O–H groups in total. The minimum absolute atomic E-state index is 0. The molecule has 3 saturated heterocycles. The first-order chi connectivity index (χ1) is 10.7. The van der Waals surface area contributed by atoms with Crippen molar-refractivity contribution >= 4 is 29.9 Å². The Labute approximate surface area is 156 Å². The van der Waals surface area contributed by atoms with Gasteiger partial charge in [-0.15, -0.1) is 24.0 Å². The van der Waals surface area contributed by atoms with Gasteiger partial charge in [-0.25, -0.2) is 0 Å². The second-order valence-corrected chi connectivity index (χ2v) is 6.39. The molecular weight excluding hydrogens is 403 g/mol. The Morgan fingerprint density at radius 2 is 2.09 bits per heavy atom. The van der Waals surface area contributed by atoms with Gasteiger partial charge in [0.2, 0.25) is 0 Å². The van der Waals surface area contributed by atoms with E-state index in [4.69, 9.17) is 0 Å². The van der Waals surface area contributed by atoms with E-state index in [0.717, 1.165) is 19.0 Å². The highest BCUT2D eigenvalue weighted by Gasteiger charge is 2.31. The first-order valence-corrected chi connectivity index (χ1v) is 8.16. The van der Waals surface area contributed by atoms with Gasteiger partial charge in [-0.05, 0) is 12.1 Å². The lowest BCUT2D eigenvalue weighted by Gasteiger charge is -2.47. The quantitative estimate of drug-likeness (QED) is 0.431. The van der Waals surface area contributed by atoms with Crippen LogP contribution >= 0.6 is 24.0 Å². The Morgan fingerprint density at radius 1 is 1.35 bits per heavy atom. The SMILES string of the molecule is CN=C(NCC1CN2CCN1CC2)N(C)Cc1cccn1C.I. The molecule has 0 spiro atoms. The van der Waals surface area contributed by atoms with Crippen LogP contribution in [-0.4, -0.2) is 84.6 Å². The molecule has 0 saturated carbocycles. The highest BCUT2D eigenvalue weighted by atomic mass is 127. The number of halogens is 1. The summed E-state index contributed by atoms with van der Waals surface area (Å²) in [6, 6.07) is 4.85. The van der Waals surface area contributed by atoms with Gasteiger partial charge in [0.15, 0.2) is 5.96 Å². The highest BCUT2D eigenvalue weighted by Crippen LogP contribution is 2.14. The lowest BCUT2D eigenvalue weighted by Crippen LogP contribution is -2.63. The summed E-state index contributed by atoms with van der Waals surface area (Å²) in [6.07, 6.45) is 2.08. The van der Waals surface area contributed by atoms with Crippen LogP contribution in [0.4, 0.5) is 0 Å². The van der Waals surface area contributed by atoms with Crippen LogP contribution in [-0.2, 0) is 13.6 Å². The number of aliphatic imine (C=N–C) groups is 1. The van der Waals surface area contributed by atoms with E-state index >= 15 is 0 Å². The van der Waals surface area contributed by atoms with Crippen molar-refractivity contribution in [1.82, 2.24) is 24.6 Å². The van der Waals surface area contributed by atoms with Crippen molar-refractivity contribution in [1.29, 1.82) is 0 Å². The van der Waals surface area contributed by atoms with E-state index < -0.39 is 0 Å². The molecule has 4 rings (SSSR count). The van der Waals surface area contributed by atoms with Crippen LogP contribution in [0.3, 0.4) is 0 Å². The molecule has 0 aromatic carbocycles. The molecule has 2 bridgehead atoms. The van der Waals surface area contributed by atoms with Gasteiger partial charge in [0.05, 0.1) is 6.54 Å². The number of nitrogens with one attached hydrogen (secondary N) is 1. The first kappa shape index (κ1) is 18.5. The fourth-order valence-corrected chi connectivity index (χ4v) is 3.49. The number of rotatable bonds is 4. The predicted molar refractivity (Wildman–Crippen MR) is 105 cm³/mol. The van der Waals surface area contributed by atoms with Crippen LogP contribution < -0.4 is 5.32 Å². The molecule has 4 heterocycles. The third-order valence-corrected chi connectivity index (χ3v) is 4.91. The monoisotopic (exact) mass is 432 g/mol. The molecule has 1 aromatic rings. The number of piperazine rings is 3. The molecule has 1 aromatic heterocycles. The van der Waals surface area contributed by atoms with Crippen molar-refractivity contribution in [2.45, 2.75) is 12.6 Å². The highest BCUT2D eigenvalue weighted by molar-refractivity contribution is 14.0. The summed E-state index contributed by atoms with van der Waals surface area (Å²) in [5.41, 5.74) is 1.29. The van der Waals surface area contributed by atoms with Crippen LogP contribution in [0.5, 0.6) is 0 Å². The maximum Gasteiger partial charge on any atom is 0.193 e. The second kappa shape index (κ2) is 8.34. The Kier molecular flexibility index (Phi) is 6.72. The molecule has 23 heavy (non-hydrogen) atoms. The lowest BCUT2D eigenvalue weighted by molar-refractivity contribution is 0.0152. The van der Waals surface area contributed by atoms with Crippen LogP contribution in [0.2, 0.25) is 0 Å². The molecule has 0 amide bonds. The number of aryl methyl sites for hydroxylation is 1. The summed E-state index contributed by atoms with van der Waals surface area (Å²) < 4.78 is 2.16. The average Bonchev–Trinajstić information content (AvgIpc) is 2.94. The normalized spacial score (nSPS) is 26.7. The molecular formula is C16H29IN6. The van der Waals surface area contributed by atoms with Gasteiger partial charge in [0.25, 0.3) is 0 Å². The average molecular weight is 432 g/mol. The number of hydrogen-bond donors (Lipinski definition) is 1. The summed E-state index contributed by atoms with van der Waals surface area (Å²) in [4.78, 5) is 11.8. The fourth-order valence-electron chi connectivity index (χ4n) is 3.49. The molecule has 3 aliphatic rings. The van der Waals surface area contributed by atoms with Gasteiger partial charge in [-0.1, -0.05) is 0 Å². The zero-order valence-electron chi connectivity index (χ0n) is 14.4. The summed E-state index contributed by atoms with van der Waals surface area (Å²) >= 11 is 0. The molecule has 7 heteroatoms. The summed E-state index contributed by atoms with van der Waals surface area (Å²) in [7, 11) is 6.04. The summed E-state index contributed by atoms with van der Waals surface area (Å²) in [5, 5.41) is 3.55. The van der Waals surface area contributed by atoms with Crippen LogP contribution in [0.15, 0.2) is 23.3 Å². The third kappa shape index (κ3) is 4.39. The molecule has 0 aliphatic carbocycles. The second-order valence-electron chi connectivity index (χ2n) is 6.39. The number of nitrogens with zero attached hydrogens (tertiary/aromatic N) is 5. The van der Waals surface area contributed by atoms with Crippen molar-refractivity contribution in [3.05, 3.63) is 24.0 Å². The molecule has 6 nitrogen and oxygen atoms in total. The Morgan fingerprint density at radius 3 is 2.61 bits per heavy atom. The van der Waals surface area contributed by atoms with Crippen molar-refractivity contribution in [2.24, 2.45) is 12.0 Å². The van der Waals surface area contributed by atoms with E-state index in [0.29, 0.717) is 6.04 Å². The minimum Gasteiger partial charge on any atom is -0.355 e. The van der Waals surface area contributed by atoms with Gasteiger partial charge in [-0.3, -0.25) is 14.8 Å². The van der Waals surface area contributed by atoms with Crippen molar-refractivity contribution < 1.29 is 0 Å². The lowest BCUT2D eigenvalue weighted by atomic mass is 10.1. The van der Waals surface area contributed by atoms with Gasteiger partial charge in [0, 0.05) is 78.3 Å². The Balaban J connectivity index is 0.00000192. The van der Waals surface area contributed by atoms with E-state index in [9.17, 15) is 0 Å². The maximum atomic E-state index is 4.43. The fraction of sp³-hybridized carbons (Fsp3) is 0.688. The van der Waals surface area contributed by atoms with Gasteiger partial charge >= 0.3 is 0 Å². The molecule has 3 aliphatic heterocycles. The Hall–Kier alpha value is -0.800. The summed E-state index contributed by atoms with van der Waals surface area (Å²) in [6.45, 7) is 7.92. The van der Waals surface area contributed by atoms with E-state index in [1.807, 2.05) is 7.05 Å². The van der Waals surface area contributed by atoms with E-state index in [2.05, 4.69) is 62.0 Å². The van der Waals surface area contributed by atoms with Crippen molar-refractivity contribution in [3.8, 4) is 0 Å². The zero-order valence-corrected chi connectivity index (χ0v) is 16.7. The first-order valence-electron chi connectivity index (χ1n) is 8.16. The molecule has 1 unspecified atom stereocenters. The van der Waals surface area contributed by atoms with Gasteiger partial charge in [0.1, 0.15) is 0 Å². The number of guanidine groups is 1. The van der Waals surface area contributed by atoms with Crippen LogP contribution in [0.25, 0.3) is 0 Å². The Bertz CT molecular complexity index is 520. The number of aromatic nitrogens is 1. The molecule has 130 valence electrons. The van der Waals surface area contributed by atoms with Crippen molar-refractivity contribution in [3.63, 3.8) is 0 Å². The number of hydrogen-bond acceptors (Lipinski definition) is 3. The van der Waals surface area contributed by atoms with E-state index in [1.165, 1.54) is 38.4 Å². The molecule has 0 radical (unpaired) electrons. The molecule has 1 atom stereocenters. The van der Waals surface area contributed by atoms with Gasteiger partial charge in [-0.2, -0.15) is 0 Å². The summed E-state index contributed by atoms with van der Waals surface area (Å²) in [5.74, 6) is 0.971. The minimum atomic E-state index is 0. The predicted octanol–water partition coefficient (Wildman–Crippen LogP) is 0.650. The smallest absolute Gasteiger partial charge is 0.193 e. The molecule has 3 fully saturated rings. The topological polar surface area (TPSA) is 39.0 Å². The standard InChI is InChI=1S/C16H28N6.HI/c1-17-16(20(3)12-14-5-4-6-19(14)2)18-11-15-13-21-7-9-22(15)10-8-21;/h4-6,15H,7-13H2,1-3H3,(H,17,18);1H. The maximum absolute atomic E-state index is 4.43. The van der Waals surface area contributed by atoms with E-state index in [-0.39, 0.29) is 24.0 Å².